The highest BCUT2D eigenvalue weighted by Crippen LogP contribution is 2.17. The zero-order valence-electron chi connectivity index (χ0n) is 11.7. The van der Waals surface area contributed by atoms with Crippen LogP contribution in [0.4, 0.5) is 0 Å². The lowest BCUT2D eigenvalue weighted by Gasteiger charge is -2.15. The molecule has 0 radical (unpaired) electrons. The van der Waals surface area contributed by atoms with Crippen LogP contribution in [0.25, 0.3) is 10.8 Å². The van der Waals surface area contributed by atoms with Crippen LogP contribution in [0.15, 0.2) is 65.3 Å². The van der Waals surface area contributed by atoms with Gasteiger partial charge in [-0.05, 0) is 41.9 Å². The molecule has 2 heteroatoms. The van der Waals surface area contributed by atoms with Gasteiger partial charge in [0.05, 0.1) is 6.26 Å². The Balaban J connectivity index is 1.76. The highest BCUT2D eigenvalue weighted by atomic mass is 16.3. The predicted molar refractivity (Wildman–Crippen MR) is 82.9 cm³/mol. The first-order valence-corrected chi connectivity index (χ1v) is 7.02. The lowest BCUT2D eigenvalue weighted by atomic mass is 9.99. The van der Waals surface area contributed by atoms with Crippen molar-refractivity contribution < 1.29 is 4.42 Å². The number of furan rings is 1. The molecule has 1 unspecified atom stereocenters. The normalized spacial score (nSPS) is 12.7. The van der Waals surface area contributed by atoms with Gasteiger partial charge >= 0.3 is 0 Å². The minimum Gasteiger partial charge on any atom is -0.469 e. The van der Waals surface area contributed by atoms with Crippen molar-refractivity contribution in [3.05, 3.63) is 72.2 Å². The summed E-state index contributed by atoms with van der Waals surface area (Å²) in [7, 11) is 2.01. The Hall–Kier alpha value is -2.06. The van der Waals surface area contributed by atoms with E-state index in [0.29, 0.717) is 6.04 Å². The summed E-state index contributed by atoms with van der Waals surface area (Å²) in [6.07, 6.45) is 3.65. The summed E-state index contributed by atoms with van der Waals surface area (Å²) in [6.45, 7) is 0. The zero-order chi connectivity index (χ0) is 13.8. The van der Waals surface area contributed by atoms with Crippen LogP contribution < -0.4 is 5.32 Å². The van der Waals surface area contributed by atoms with Crippen LogP contribution >= 0.6 is 0 Å². The van der Waals surface area contributed by atoms with Crippen LogP contribution in [0.3, 0.4) is 0 Å². The molecule has 2 aromatic carbocycles. The van der Waals surface area contributed by atoms with Crippen LogP contribution in [0.5, 0.6) is 0 Å². The van der Waals surface area contributed by atoms with Crippen LogP contribution in [0.1, 0.15) is 11.3 Å². The van der Waals surface area contributed by atoms with Crippen molar-refractivity contribution in [2.45, 2.75) is 18.9 Å². The quantitative estimate of drug-likeness (QED) is 0.759. The fourth-order valence-electron chi connectivity index (χ4n) is 2.60. The van der Waals surface area contributed by atoms with Crippen LogP contribution in [-0.2, 0) is 12.8 Å². The topological polar surface area (TPSA) is 25.2 Å². The highest BCUT2D eigenvalue weighted by molar-refractivity contribution is 5.82. The number of nitrogens with one attached hydrogen (secondary N) is 1. The largest absolute Gasteiger partial charge is 0.469 e. The molecule has 2 nitrogen and oxygen atoms in total. The SMILES string of the molecule is CNC(Cc1ccc2ccccc2c1)Cc1ccco1. The standard InChI is InChI=1S/C18H19NO/c1-19-17(13-18-7-4-10-20-18)12-14-8-9-15-5-2-3-6-16(15)11-14/h2-11,17,19H,12-13H2,1H3. The molecule has 0 spiro atoms. The first-order chi connectivity index (χ1) is 9.85. The highest BCUT2D eigenvalue weighted by Gasteiger charge is 2.10. The van der Waals surface area contributed by atoms with Gasteiger partial charge in [0.15, 0.2) is 0 Å². The molecular weight excluding hydrogens is 246 g/mol. The van der Waals surface area contributed by atoms with Crippen LogP contribution in [0.2, 0.25) is 0 Å². The molecule has 3 aromatic rings. The molecule has 0 bridgehead atoms. The number of hydrogen-bond acceptors (Lipinski definition) is 2. The van der Waals surface area contributed by atoms with E-state index in [1.165, 1.54) is 16.3 Å². The maximum Gasteiger partial charge on any atom is 0.105 e. The van der Waals surface area contributed by atoms with Crippen molar-refractivity contribution in [1.82, 2.24) is 5.32 Å². The number of hydrogen-bond donors (Lipinski definition) is 1. The number of benzene rings is 2. The Bertz CT molecular complexity index is 673. The van der Waals surface area contributed by atoms with E-state index in [1.54, 1.807) is 6.26 Å². The second kappa shape index (κ2) is 5.93. The molecule has 3 rings (SSSR count). The maximum atomic E-state index is 5.43. The predicted octanol–water partition coefficient (Wildman–Crippen LogP) is 3.81. The van der Waals surface area contributed by atoms with E-state index in [0.717, 1.165) is 18.6 Å². The van der Waals surface area contributed by atoms with Crippen molar-refractivity contribution in [3.63, 3.8) is 0 Å². The Morgan fingerprint density at radius 2 is 1.80 bits per heavy atom. The average Bonchev–Trinajstić information content (AvgIpc) is 2.99. The summed E-state index contributed by atoms with van der Waals surface area (Å²) in [5, 5.41) is 5.98. The van der Waals surface area contributed by atoms with E-state index in [9.17, 15) is 0 Å². The van der Waals surface area contributed by atoms with Gasteiger partial charge in [0.2, 0.25) is 0 Å². The molecule has 0 aliphatic heterocycles. The van der Waals surface area contributed by atoms with Crippen molar-refractivity contribution in [2.75, 3.05) is 7.05 Å². The molecule has 102 valence electrons. The summed E-state index contributed by atoms with van der Waals surface area (Å²) in [5.74, 6) is 1.03. The van der Waals surface area contributed by atoms with Crippen molar-refractivity contribution in [1.29, 1.82) is 0 Å². The first-order valence-electron chi connectivity index (χ1n) is 7.02. The second-order valence-electron chi connectivity index (χ2n) is 5.15. The number of rotatable bonds is 5. The molecule has 1 atom stereocenters. The van der Waals surface area contributed by atoms with Gasteiger partial charge in [-0.1, -0.05) is 42.5 Å². The van der Waals surface area contributed by atoms with Gasteiger partial charge in [-0.15, -0.1) is 0 Å². The van der Waals surface area contributed by atoms with Crippen molar-refractivity contribution in [2.24, 2.45) is 0 Å². The Kier molecular flexibility index (Phi) is 3.84. The molecule has 0 fully saturated rings. The molecule has 1 heterocycles. The Labute approximate surface area is 119 Å². The molecule has 1 N–H and O–H groups in total. The molecule has 0 saturated heterocycles. The fraction of sp³-hybridized carbons (Fsp3) is 0.222. The van der Waals surface area contributed by atoms with Crippen LogP contribution in [-0.4, -0.2) is 13.1 Å². The molecule has 0 aliphatic rings. The molecule has 0 saturated carbocycles. The molecular formula is C18H19NO. The molecule has 0 aliphatic carbocycles. The fourth-order valence-corrected chi connectivity index (χ4v) is 2.60. The van der Waals surface area contributed by atoms with Gasteiger partial charge in [-0.25, -0.2) is 0 Å². The van der Waals surface area contributed by atoms with Gasteiger partial charge in [0.25, 0.3) is 0 Å². The second-order valence-corrected chi connectivity index (χ2v) is 5.15. The van der Waals surface area contributed by atoms with Gasteiger partial charge in [0, 0.05) is 12.5 Å². The first kappa shape index (κ1) is 12.9. The van der Waals surface area contributed by atoms with Crippen molar-refractivity contribution in [3.8, 4) is 0 Å². The van der Waals surface area contributed by atoms with E-state index in [4.69, 9.17) is 4.42 Å². The monoisotopic (exact) mass is 265 g/mol. The number of likely N-dealkylation sites (N-methyl/N-ethyl adjacent to an activating group) is 1. The zero-order valence-corrected chi connectivity index (χ0v) is 11.7. The summed E-state index contributed by atoms with van der Waals surface area (Å²) < 4.78 is 5.43. The lowest BCUT2D eigenvalue weighted by molar-refractivity contribution is 0.456. The minimum atomic E-state index is 0.391. The van der Waals surface area contributed by atoms with E-state index in [1.807, 2.05) is 19.2 Å². The van der Waals surface area contributed by atoms with Gasteiger partial charge in [0.1, 0.15) is 5.76 Å². The molecule has 1 aromatic heterocycles. The Morgan fingerprint density at radius 3 is 2.55 bits per heavy atom. The summed E-state index contributed by atoms with van der Waals surface area (Å²) in [4.78, 5) is 0. The third-order valence-electron chi connectivity index (χ3n) is 3.73. The smallest absolute Gasteiger partial charge is 0.105 e. The van der Waals surface area contributed by atoms with Gasteiger partial charge < -0.3 is 9.73 Å². The van der Waals surface area contributed by atoms with E-state index in [-0.39, 0.29) is 0 Å². The van der Waals surface area contributed by atoms with E-state index in [2.05, 4.69) is 47.8 Å². The Morgan fingerprint density at radius 1 is 0.950 bits per heavy atom. The third kappa shape index (κ3) is 2.91. The summed E-state index contributed by atoms with van der Waals surface area (Å²) in [6, 6.07) is 19.5. The number of fused-ring (bicyclic) bond motifs is 1. The molecule has 20 heavy (non-hydrogen) atoms. The summed E-state index contributed by atoms with van der Waals surface area (Å²) in [5.41, 5.74) is 1.36. The van der Waals surface area contributed by atoms with Crippen molar-refractivity contribution >= 4 is 10.8 Å². The average molecular weight is 265 g/mol. The van der Waals surface area contributed by atoms with E-state index >= 15 is 0 Å². The lowest BCUT2D eigenvalue weighted by Crippen LogP contribution is -2.29. The van der Waals surface area contributed by atoms with Crippen LogP contribution in [0, 0.1) is 0 Å². The van der Waals surface area contributed by atoms with Gasteiger partial charge in [-0.3, -0.25) is 0 Å². The summed E-state index contributed by atoms with van der Waals surface area (Å²) >= 11 is 0. The van der Waals surface area contributed by atoms with E-state index < -0.39 is 0 Å². The van der Waals surface area contributed by atoms with Gasteiger partial charge in [-0.2, -0.15) is 0 Å². The third-order valence-corrected chi connectivity index (χ3v) is 3.73. The maximum absolute atomic E-state index is 5.43. The molecule has 0 amide bonds. The minimum absolute atomic E-state index is 0.391.